The van der Waals surface area contributed by atoms with Crippen molar-refractivity contribution in [3.05, 3.63) is 54.0 Å². The average Bonchev–Trinajstić information content (AvgIpc) is 3.44. The van der Waals surface area contributed by atoms with Crippen LogP contribution in [0.2, 0.25) is 0 Å². The zero-order valence-corrected chi connectivity index (χ0v) is 17.4. The Bertz CT molecular complexity index is 1270. The fourth-order valence-electron chi connectivity index (χ4n) is 2.88. The molecule has 0 spiro atoms. The lowest BCUT2D eigenvalue weighted by atomic mass is 10.2. The van der Waals surface area contributed by atoms with Crippen molar-refractivity contribution in [3.8, 4) is 29.0 Å². The minimum Gasteiger partial charge on any atom is -0.510 e. The van der Waals surface area contributed by atoms with Gasteiger partial charge in [-0.05, 0) is 30.3 Å². The maximum atomic E-state index is 10.5. The minimum absolute atomic E-state index is 0.0586. The van der Waals surface area contributed by atoms with Gasteiger partial charge in [0, 0.05) is 5.56 Å². The van der Waals surface area contributed by atoms with Gasteiger partial charge in [0.15, 0.2) is 17.3 Å². The second-order valence-corrected chi connectivity index (χ2v) is 7.19. The molecule has 0 saturated carbocycles. The van der Waals surface area contributed by atoms with E-state index >= 15 is 0 Å². The number of aromatic nitrogens is 4. The van der Waals surface area contributed by atoms with E-state index in [1.165, 1.54) is 0 Å². The fourth-order valence-corrected chi connectivity index (χ4v) is 3.52. The lowest BCUT2D eigenvalue weighted by molar-refractivity contribution is 0.355. The quantitative estimate of drug-likeness (QED) is 0.249. The number of fused-ring (bicyclic) bond motifs is 1. The number of thioether (sulfide) groups is 1. The summed E-state index contributed by atoms with van der Waals surface area (Å²) in [7, 11) is 3.10. The summed E-state index contributed by atoms with van der Waals surface area (Å²) in [5.41, 5.74) is 2.21. The van der Waals surface area contributed by atoms with Gasteiger partial charge in [-0.25, -0.2) is 4.98 Å². The van der Waals surface area contributed by atoms with Crippen LogP contribution in [0.5, 0.6) is 11.5 Å². The minimum atomic E-state index is -0.141. The Hall–Kier alpha value is -3.97. The van der Waals surface area contributed by atoms with Gasteiger partial charge < -0.3 is 24.0 Å². The average molecular weight is 435 g/mol. The van der Waals surface area contributed by atoms with Gasteiger partial charge >= 0.3 is 0 Å². The van der Waals surface area contributed by atoms with E-state index in [4.69, 9.17) is 13.9 Å². The summed E-state index contributed by atoms with van der Waals surface area (Å²) in [5.74, 6) is 1.65. The van der Waals surface area contributed by atoms with Gasteiger partial charge in [-0.3, -0.25) is 0 Å². The van der Waals surface area contributed by atoms with E-state index < -0.39 is 0 Å². The number of nitrogens with zero attached hydrogens (tertiary/aromatic N) is 4. The van der Waals surface area contributed by atoms with Crippen molar-refractivity contribution in [2.45, 2.75) is 5.22 Å². The van der Waals surface area contributed by atoms with Gasteiger partial charge in [0.05, 0.1) is 31.0 Å². The van der Waals surface area contributed by atoms with Crippen LogP contribution in [0, 0.1) is 11.3 Å². The highest BCUT2D eigenvalue weighted by Crippen LogP contribution is 2.33. The Balaban J connectivity index is 1.51. The topological polar surface area (TPSA) is 130 Å². The molecule has 31 heavy (non-hydrogen) atoms. The molecule has 10 heteroatoms. The lowest BCUT2D eigenvalue weighted by Gasteiger charge is -2.07. The molecule has 156 valence electrons. The molecule has 0 aliphatic carbocycles. The van der Waals surface area contributed by atoms with E-state index in [0.717, 1.165) is 17.3 Å². The SMILES string of the molecule is COc1ccc(-c2nnc(SCC(O)=C(C#N)c3nc4ccccc4[nH]3)o2)cc1OC. The smallest absolute Gasteiger partial charge is 0.277 e. The van der Waals surface area contributed by atoms with Crippen molar-refractivity contribution in [2.24, 2.45) is 0 Å². The Morgan fingerprint density at radius 3 is 2.71 bits per heavy atom. The second-order valence-electron chi connectivity index (χ2n) is 6.27. The molecule has 0 unspecified atom stereocenters. The highest BCUT2D eigenvalue weighted by molar-refractivity contribution is 7.99. The van der Waals surface area contributed by atoms with Crippen LogP contribution < -0.4 is 9.47 Å². The number of benzene rings is 2. The van der Waals surface area contributed by atoms with Crippen LogP contribution in [-0.4, -0.2) is 45.2 Å². The molecular formula is C21H17N5O4S. The number of methoxy groups -OCH3 is 2. The third-order valence-electron chi connectivity index (χ3n) is 4.40. The zero-order chi connectivity index (χ0) is 21.8. The summed E-state index contributed by atoms with van der Waals surface area (Å²) in [4.78, 5) is 7.39. The van der Waals surface area contributed by atoms with E-state index in [9.17, 15) is 10.4 Å². The van der Waals surface area contributed by atoms with Crippen LogP contribution in [0.25, 0.3) is 28.1 Å². The molecule has 2 aromatic heterocycles. The lowest BCUT2D eigenvalue weighted by Crippen LogP contribution is -1.95. The summed E-state index contributed by atoms with van der Waals surface area (Å²) in [6, 6.07) is 14.6. The van der Waals surface area contributed by atoms with E-state index in [1.54, 1.807) is 32.4 Å². The molecule has 4 rings (SSSR count). The summed E-state index contributed by atoms with van der Waals surface area (Å²) in [5, 5.41) is 28.2. The summed E-state index contributed by atoms with van der Waals surface area (Å²) < 4.78 is 16.2. The van der Waals surface area contributed by atoms with Gasteiger partial charge in [0.25, 0.3) is 5.22 Å². The van der Waals surface area contributed by atoms with Crippen molar-refractivity contribution in [3.63, 3.8) is 0 Å². The maximum Gasteiger partial charge on any atom is 0.277 e. The number of imidazole rings is 1. The standard InChI is InChI=1S/C21H17N5O4S/c1-28-17-8-7-12(9-18(17)29-2)20-25-26-21(30-20)31-11-16(27)13(10-22)19-23-14-5-3-4-6-15(14)24-19/h3-9,27H,11H2,1-2H3,(H,23,24). The first kappa shape index (κ1) is 20.3. The second kappa shape index (κ2) is 8.81. The molecule has 0 fully saturated rings. The predicted octanol–water partition coefficient (Wildman–Crippen LogP) is 4.22. The number of nitrogens with one attached hydrogen (secondary N) is 1. The fraction of sp³-hybridized carbons (Fsp3) is 0.143. The number of allylic oxidation sites excluding steroid dienone is 1. The van der Waals surface area contributed by atoms with Gasteiger partial charge in [-0.2, -0.15) is 5.26 Å². The largest absolute Gasteiger partial charge is 0.510 e. The molecule has 4 aromatic rings. The van der Waals surface area contributed by atoms with E-state index in [0.29, 0.717) is 34.3 Å². The van der Waals surface area contributed by atoms with Crippen LogP contribution >= 0.6 is 11.8 Å². The highest BCUT2D eigenvalue weighted by Gasteiger charge is 2.16. The van der Waals surface area contributed by atoms with E-state index in [-0.39, 0.29) is 22.3 Å². The number of hydrogen-bond donors (Lipinski definition) is 2. The molecule has 2 aromatic carbocycles. The number of nitriles is 1. The van der Waals surface area contributed by atoms with E-state index in [1.807, 2.05) is 30.3 Å². The van der Waals surface area contributed by atoms with Crippen molar-refractivity contribution >= 4 is 28.4 Å². The van der Waals surface area contributed by atoms with Gasteiger partial charge in [0.2, 0.25) is 5.89 Å². The first-order chi connectivity index (χ1) is 15.1. The number of H-pyrrole nitrogens is 1. The Labute approximate surface area is 181 Å². The Kier molecular flexibility index (Phi) is 5.77. The first-order valence-corrected chi connectivity index (χ1v) is 10.1. The van der Waals surface area contributed by atoms with Gasteiger partial charge in [-0.1, -0.05) is 23.9 Å². The van der Waals surface area contributed by atoms with Crippen LogP contribution in [0.4, 0.5) is 0 Å². The number of para-hydroxylation sites is 2. The van der Waals surface area contributed by atoms with Crippen molar-refractivity contribution < 1.29 is 19.0 Å². The molecule has 2 heterocycles. The molecule has 2 N–H and O–H groups in total. The predicted molar refractivity (Wildman–Crippen MR) is 115 cm³/mol. The number of aliphatic hydroxyl groups excluding tert-OH is 1. The van der Waals surface area contributed by atoms with Gasteiger partial charge in [0.1, 0.15) is 17.4 Å². The van der Waals surface area contributed by atoms with Gasteiger partial charge in [-0.15, -0.1) is 10.2 Å². The third-order valence-corrected chi connectivity index (χ3v) is 5.23. The summed E-state index contributed by atoms with van der Waals surface area (Å²) in [6.45, 7) is 0. The molecular weight excluding hydrogens is 418 g/mol. The number of aliphatic hydroxyl groups is 1. The van der Waals surface area contributed by atoms with Crippen molar-refractivity contribution in [2.75, 3.05) is 20.0 Å². The maximum absolute atomic E-state index is 10.5. The number of aromatic amines is 1. The molecule has 0 atom stereocenters. The third kappa shape index (κ3) is 4.17. The molecule has 0 aliphatic heterocycles. The molecule has 9 nitrogen and oxygen atoms in total. The molecule has 0 saturated heterocycles. The van der Waals surface area contributed by atoms with E-state index in [2.05, 4.69) is 20.2 Å². The van der Waals surface area contributed by atoms with Crippen molar-refractivity contribution in [1.29, 1.82) is 5.26 Å². The number of hydrogen-bond acceptors (Lipinski definition) is 9. The zero-order valence-electron chi connectivity index (χ0n) is 16.6. The molecule has 0 amide bonds. The monoisotopic (exact) mass is 435 g/mol. The number of ether oxygens (including phenoxy) is 2. The number of rotatable bonds is 7. The Morgan fingerprint density at radius 2 is 1.97 bits per heavy atom. The van der Waals surface area contributed by atoms with Crippen LogP contribution in [0.3, 0.4) is 0 Å². The molecule has 0 bridgehead atoms. The summed E-state index contributed by atoms with van der Waals surface area (Å²) >= 11 is 1.11. The van der Waals surface area contributed by atoms with Crippen LogP contribution in [0.1, 0.15) is 5.82 Å². The first-order valence-electron chi connectivity index (χ1n) is 9.09. The van der Waals surface area contributed by atoms with Crippen LogP contribution in [-0.2, 0) is 0 Å². The highest BCUT2D eigenvalue weighted by atomic mass is 32.2. The molecule has 0 aliphatic rings. The molecule has 0 radical (unpaired) electrons. The normalized spacial score (nSPS) is 11.8. The summed E-state index contributed by atoms with van der Waals surface area (Å²) in [6.07, 6.45) is 0. The van der Waals surface area contributed by atoms with Crippen LogP contribution in [0.15, 0.2) is 57.9 Å². The Morgan fingerprint density at radius 1 is 1.16 bits per heavy atom. The van der Waals surface area contributed by atoms with Crippen molar-refractivity contribution in [1.82, 2.24) is 20.2 Å².